The molecule has 2 unspecified atom stereocenters. The molecule has 1 saturated carbocycles. The monoisotopic (exact) mass is 463 g/mol. The zero-order valence-corrected chi connectivity index (χ0v) is 19.5. The maximum atomic E-state index is 13.3. The van der Waals surface area contributed by atoms with Crippen LogP contribution in [-0.2, 0) is 10.3 Å². The molecule has 3 aliphatic carbocycles. The number of nitriles is 1. The van der Waals surface area contributed by atoms with Crippen molar-refractivity contribution < 1.29 is 4.79 Å². The summed E-state index contributed by atoms with van der Waals surface area (Å²) in [6, 6.07) is 6.44. The van der Waals surface area contributed by atoms with Gasteiger partial charge in [-0.3, -0.25) is 4.79 Å². The quantitative estimate of drug-likeness (QED) is 0.620. The molecule has 2 N–H and O–H groups in total. The molecular formula is C27H25N7O. The number of hydrogen-bond donors (Lipinski definition) is 1. The Morgan fingerprint density at radius 2 is 2.03 bits per heavy atom. The average Bonchev–Trinajstić information content (AvgIpc) is 3.39. The van der Waals surface area contributed by atoms with Crippen LogP contribution >= 0.6 is 0 Å². The molecule has 174 valence electrons. The van der Waals surface area contributed by atoms with Gasteiger partial charge in [-0.15, -0.1) is 0 Å². The third-order valence-corrected chi connectivity index (χ3v) is 8.36. The molecule has 1 aliphatic heterocycles. The Kier molecular flexibility index (Phi) is 4.16. The highest BCUT2D eigenvalue weighted by molar-refractivity contribution is 6.00. The lowest BCUT2D eigenvalue weighted by atomic mass is 9.77. The van der Waals surface area contributed by atoms with E-state index in [1.807, 2.05) is 42.3 Å². The van der Waals surface area contributed by atoms with E-state index in [2.05, 4.69) is 22.1 Å². The van der Waals surface area contributed by atoms with E-state index in [0.29, 0.717) is 17.8 Å². The Morgan fingerprint density at radius 3 is 2.74 bits per heavy atom. The van der Waals surface area contributed by atoms with Gasteiger partial charge < -0.3 is 10.6 Å². The molecule has 1 saturated heterocycles. The number of fused-ring (bicyclic) bond motifs is 9. The summed E-state index contributed by atoms with van der Waals surface area (Å²) in [7, 11) is 1.85. The summed E-state index contributed by atoms with van der Waals surface area (Å²) >= 11 is 0. The van der Waals surface area contributed by atoms with Crippen LogP contribution in [0.5, 0.6) is 0 Å². The van der Waals surface area contributed by atoms with Crippen molar-refractivity contribution in [1.82, 2.24) is 24.5 Å². The predicted molar refractivity (Wildman–Crippen MR) is 129 cm³/mol. The number of likely N-dealkylation sites (N-methyl/N-ethyl adjacent to an activating group) is 1. The summed E-state index contributed by atoms with van der Waals surface area (Å²) in [5.41, 5.74) is 13.3. The van der Waals surface area contributed by atoms with Crippen molar-refractivity contribution in [2.75, 3.05) is 7.05 Å². The van der Waals surface area contributed by atoms with Crippen molar-refractivity contribution in [3.63, 3.8) is 0 Å². The Bertz CT molecular complexity index is 1520. The van der Waals surface area contributed by atoms with Crippen molar-refractivity contribution >= 4 is 11.4 Å². The van der Waals surface area contributed by atoms with E-state index >= 15 is 0 Å². The fourth-order valence-corrected chi connectivity index (χ4v) is 6.25. The van der Waals surface area contributed by atoms with Gasteiger partial charge in [0.2, 0.25) is 0 Å². The van der Waals surface area contributed by atoms with E-state index in [4.69, 9.17) is 10.8 Å². The summed E-state index contributed by atoms with van der Waals surface area (Å²) < 4.78 is 1.90. The number of aromatic nitrogens is 4. The molecule has 8 heteroatoms. The van der Waals surface area contributed by atoms with Crippen LogP contribution in [0.1, 0.15) is 67.6 Å². The molecule has 35 heavy (non-hydrogen) atoms. The first-order valence-electron chi connectivity index (χ1n) is 12.2. The van der Waals surface area contributed by atoms with Gasteiger partial charge in [0.15, 0.2) is 0 Å². The average molecular weight is 464 g/mol. The first kappa shape index (κ1) is 20.5. The van der Waals surface area contributed by atoms with Crippen LogP contribution < -0.4 is 5.73 Å². The van der Waals surface area contributed by atoms with Gasteiger partial charge >= 0.3 is 0 Å². The van der Waals surface area contributed by atoms with Crippen molar-refractivity contribution in [2.24, 2.45) is 5.73 Å². The second kappa shape index (κ2) is 7.09. The summed E-state index contributed by atoms with van der Waals surface area (Å²) in [4.78, 5) is 24.3. The molecule has 3 aromatic heterocycles. The summed E-state index contributed by atoms with van der Waals surface area (Å²) in [6.45, 7) is 0. The van der Waals surface area contributed by atoms with Gasteiger partial charge in [0.25, 0.3) is 5.91 Å². The summed E-state index contributed by atoms with van der Waals surface area (Å²) in [6.07, 6.45) is 12.8. The number of likely N-dealkylation sites (tertiary alicyclic amines) is 1. The summed E-state index contributed by atoms with van der Waals surface area (Å²) in [5.74, 6) is 0.682. The van der Waals surface area contributed by atoms with Gasteiger partial charge in [-0.2, -0.15) is 10.4 Å². The minimum Gasteiger partial charge on any atom is -0.333 e. The first-order valence-corrected chi connectivity index (χ1v) is 12.2. The van der Waals surface area contributed by atoms with Crippen LogP contribution in [-0.4, -0.2) is 37.4 Å². The van der Waals surface area contributed by atoms with E-state index in [-0.39, 0.29) is 23.4 Å². The van der Waals surface area contributed by atoms with Gasteiger partial charge in [0.1, 0.15) is 5.82 Å². The Labute approximate surface area is 202 Å². The highest BCUT2D eigenvalue weighted by Crippen LogP contribution is 2.54. The predicted octanol–water partition coefficient (Wildman–Crippen LogP) is 3.67. The number of nitrogens with zero attached hydrogens (tertiary/aromatic N) is 6. The number of pyridine rings is 1. The lowest BCUT2D eigenvalue weighted by Gasteiger charge is -2.36. The maximum Gasteiger partial charge on any atom is 0.254 e. The molecule has 4 aliphatic rings. The lowest BCUT2D eigenvalue weighted by molar-refractivity contribution is -0.127. The third kappa shape index (κ3) is 2.76. The van der Waals surface area contributed by atoms with Crippen molar-refractivity contribution in [3.05, 3.63) is 70.6 Å². The first-order chi connectivity index (χ1) is 17.0. The highest BCUT2D eigenvalue weighted by atomic mass is 16.2. The SMILES string of the molecule is CN1C(=O)C2=CCCC(C#N)=C2C2CC1c1nn3ccc(-c4cnc(C5(N)CCC5)nc4)cc3c12. The molecule has 0 aromatic carbocycles. The highest BCUT2D eigenvalue weighted by Gasteiger charge is 2.47. The maximum absolute atomic E-state index is 13.3. The lowest BCUT2D eigenvalue weighted by Crippen LogP contribution is -2.44. The van der Waals surface area contributed by atoms with Crippen LogP contribution in [0.4, 0.5) is 0 Å². The van der Waals surface area contributed by atoms with Gasteiger partial charge in [-0.05, 0) is 61.8 Å². The summed E-state index contributed by atoms with van der Waals surface area (Å²) in [5, 5.41) is 14.8. The third-order valence-electron chi connectivity index (χ3n) is 8.36. The zero-order chi connectivity index (χ0) is 23.9. The number of carbonyl (C=O) groups is 1. The topological polar surface area (TPSA) is 113 Å². The fourth-order valence-electron chi connectivity index (χ4n) is 6.25. The molecule has 8 nitrogen and oxygen atoms in total. The van der Waals surface area contributed by atoms with Gasteiger partial charge in [-0.1, -0.05) is 6.08 Å². The number of carbonyl (C=O) groups excluding carboxylic acids is 1. The smallest absolute Gasteiger partial charge is 0.254 e. The normalized spacial score (nSPS) is 24.4. The Morgan fingerprint density at radius 1 is 1.23 bits per heavy atom. The van der Waals surface area contributed by atoms with Gasteiger partial charge in [0.05, 0.1) is 28.9 Å². The van der Waals surface area contributed by atoms with E-state index in [1.54, 1.807) is 4.90 Å². The molecule has 4 heterocycles. The molecule has 0 radical (unpaired) electrons. The Balaban J connectivity index is 1.37. The number of hydrogen-bond acceptors (Lipinski definition) is 6. The standard InChI is InChI=1S/C27H25N7O/c1-33-21-11-19(22-16(12-28)4-2-5-18(22)25(33)35)23-20-10-15(6-9-34(20)32-24(21)23)17-13-30-26(31-14-17)27(29)7-3-8-27/h5-6,9-10,13-14,19,21H,2-4,7-8,11,29H2,1H3. The van der Waals surface area contributed by atoms with Crippen LogP contribution in [0.2, 0.25) is 0 Å². The van der Waals surface area contributed by atoms with Crippen LogP contribution in [0.15, 0.2) is 53.5 Å². The van der Waals surface area contributed by atoms with E-state index in [0.717, 1.165) is 71.2 Å². The van der Waals surface area contributed by atoms with Crippen LogP contribution in [0.25, 0.3) is 16.6 Å². The van der Waals surface area contributed by atoms with E-state index in [1.165, 1.54) is 0 Å². The number of amides is 1. The largest absolute Gasteiger partial charge is 0.333 e. The number of nitrogens with two attached hydrogens (primary N) is 1. The molecule has 3 aromatic rings. The second-order valence-electron chi connectivity index (χ2n) is 10.2. The molecule has 1 amide bonds. The van der Waals surface area contributed by atoms with Crippen LogP contribution in [0, 0.1) is 11.3 Å². The molecule has 2 fully saturated rings. The van der Waals surface area contributed by atoms with Gasteiger partial charge in [0, 0.05) is 53.8 Å². The molecular weight excluding hydrogens is 438 g/mol. The fraction of sp³-hybridized carbons (Fsp3) is 0.370. The van der Waals surface area contributed by atoms with Crippen LogP contribution in [0.3, 0.4) is 0 Å². The Hall–Kier alpha value is -3.83. The van der Waals surface area contributed by atoms with Crippen molar-refractivity contribution in [1.29, 1.82) is 5.26 Å². The van der Waals surface area contributed by atoms with Crippen molar-refractivity contribution in [3.8, 4) is 17.2 Å². The molecule has 2 bridgehead atoms. The minimum atomic E-state index is -0.383. The van der Waals surface area contributed by atoms with E-state index in [9.17, 15) is 10.1 Å². The minimum absolute atomic E-state index is 0.00952. The zero-order valence-electron chi connectivity index (χ0n) is 19.5. The number of allylic oxidation sites excluding steroid dienone is 2. The second-order valence-corrected chi connectivity index (χ2v) is 10.2. The molecule has 0 spiro atoms. The molecule has 7 rings (SSSR count). The van der Waals surface area contributed by atoms with E-state index < -0.39 is 0 Å². The van der Waals surface area contributed by atoms with Gasteiger partial charge in [-0.25, -0.2) is 14.5 Å². The number of rotatable bonds is 2. The van der Waals surface area contributed by atoms with Crippen molar-refractivity contribution in [2.45, 2.75) is 56.0 Å². The molecule has 2 atom stereocenters.